The number of nitrogens with one attached hydrogen (secondary N) is 3. The molecule has 1 aromatic carbocycles. The SMILES string of the molecule is CC(C)NC(=O)C1CCCCN1C(=O)C1CCCN1C(=O)CCOC(=O)C1CCCN1C=O.Cc1ccccc1.NC(=O)CNC(=O)Nc1nccs1. The van der Waals surface area contributed by atoms with Crippen LogP contribution in [0.3, 0.4) is 0 Å². The van der Waals surface area contributed by atoms with Crippen molar-refractivity contribution >= 4 is 58.5 Å². The maximum absolute atomic E-state index is 13.4. The highest BCUT2D eigenvalue weighted by Gasteiger charge is 2.41. The van der Waals surface area contributed by atoms with Crippen molar-refractivity contribution in [3.05, 3.63) is 47.5 Å². The first-order chi connectivity index (χ1) is 25.4. The monoisotopic (exact) mass is 756 g/mol. The number of piperidine rings is 1. The highest BCUT2D eigenvalue weighted by Crippen LogP contribution is 2.25. The average Bonchev–Trinajstić information content (AvgIpc) is 3.94. The van der Waals surface area contributed by atoms with E-state index in [4.69, 9.17) is 10.5 Å². The summed E-state index contributed by atoms with van der Waals surface area (Å²) in [5.74, 6) is -1.63. The second-order valence-corrected chi connectivity index (χ2v) is 14.0. The summed E-state index contributed by atoms with van der Waals surface area (Å²) in [6.45, 7) is 7.12. The molecular formula is C36H52N8O8S. The molecule has 3 aliphatic rings. The molecule has 5 rings (SSSR count). The maximum atomic E-state index is 13.4. The lowest BCUT2D eigenvalue weighted by Crippen LogP contribution is -2.57. The van der Waals surface area contributed by atoms with Gasteiger partial charge in [0.25, 0.3) is 0 Å². The van der Waals surface area contributed by atoms with Crippen molar-refractivity contribution in [2.45, 2.75) is 96.3 Å². The molecular weight excluding hydrogens is 705 g/mol. The van der Waals surface area contributed by atoms with Crippen molar-refractivity contribution in [2.75, 3.05) is 38.1 Å². The molecule has 0 bridgehead atoms. The van der Waals surface area contributed by atoms with Gasteiger partial charge in [0.2, 0.25) is 30.0 Å². The summed E-state index contributed by atoms with van der Waals surface area (Å²) in [5, 5.41) is 9.79. The highest BCUT2D eigenvalue weighted by molar-refractivity contribution is 7.13. The van der Waals surface area contributed by atoms with Crippen molar-refractivity contribution < 1.29 is 38.3 Å². The Morgan fingerprint density at radius 1 is 0.943 bits per heavy atom. The number of rotatable bonds is 11. The molecule has 16 nitrogen and oxygen atoms in total. The number of urea groups is 1. The highest BCUT2D eigenvalue weighted by atomic mass is 32.1. The Hall–Kier alpha value is -5.06. The number of carbonyl (C=O) groups excluding carboxylic acids is 7. The number of benzene rings is 1. The third-order valence-corrected chi connectivity index (χ3v) is 9.34. The van der Waals surface area contributed by atoms with Crippen molar-refractivity contribution in [1.82, 2.24) is 30.3 Å². The number of hydrogen-bond donors (Lipinski definition) is 4. The van der Waals surface area contributed by atoms with Gasteiger partial charge in [-0.3, -0.25) is 29.3 Å². The average molecular weight is 757 g/mol. The van der Waals surface area contributed by atoms with Gasteiger partial charge in [-0.05, 0) is 65.7 Å². The number of aryl methyl sites for hydroxylation is 1. The molecule has 2 aromatic rings. The normalized spacial score (nSPS) is 19.2. The lowest BCUT2D eigenvalue weighted by atomic mass is 9.99. The summed E-state index contributed by atoms with van der Waals surface area (Å²) in [7, 11) is 0. The van der Waals surface area contributed by atoms with Crippen molar-refractivity contribution in [3.63, 3.8) is 0 Å². The zero-order valence-corrected chi connectivity index (χ0v) is 31.5. The lowest BCUT2D eigenvalue weighted by Gasteiger charge is -2.38. The fourth-order valence-corrected chi connectivity index (χ4v) is 6.66. The van der Waals surface area contributed by atoms with E-state index < -0.39 is 36.0 Å². The Morgan fingerprint density at radius 3 is 2.25 bits per heavy atom. The zero-order chi connectivity index (χ0) is 38.8. The van der Waals surface area contributed by atoms with Gasteiger partial charge in [0.15, 0.2) is 5.13 Å². The molecule has 0 aliphatic carbocycles. The lowest BCUT2D eigenvalue weighted by molar-refractivity contribution is -0.153. The van der Waals surface area contributed by atoms with Crippen LogP contribution in [0.1, 0.15) is 70.8 Å². The smallest absolute Gasteiger partial charge is 0.328 e. The standard InChI is InChI=1S/C23H36N4O6.C7H8.C6H8N4O2S/c1-16(2)24-21(30)17-7-3-4-12-27(17)22(31)18-8-6-13-26(18)20(29)10-14-33-23(32)19-9-5-11-25(19)15-28;1-7-5-3-2-4-6-7;7-4(11)3-9-5(12)10-6-8-1-2-13-6/h15-19H,3-14H2,1-2H3,(H,24,30);2-6H,1H3;1-2H,3H2,(H2,7,11)(H2,8,9,10,12). The van der Waals surface area contributed by atoms with E-state index in [0.717, 1.165) is 25.7 Å². The molecule has 3 unspecified atom stereocenters. The molecule has 4 heterocycles. The third kappa shape index (κ3) is 14.1. The summed E-state index contributed by atoms with van der Waals surface area (Å²) in [5.41, 5.74) is 6.14. The first-order valence-electron chi connectivity index (χ1n) is 17.9. The van der Waals surface area contributed by atoms with Crippen LogP contribution in [0.25, 0.3) is 0 Å². The van der Waals surface area contributed by atoms with Crippen LogP contribution < -0.4 is 21.7 Å². The van der Waals surface area contributed by atoms with Crippen molar-refractivity contribution in [3.8, 4) is 0 Å². The van der Waals surface area contributed by atoms with E-state index >= 15 is 0 Å². The fraction of sp³-hybridized carbons (Fsp3) is 0.556. The minimum atomic E-state index is -0.589. The van der Waals surface area contributed by atoms with E-state index in [-0.39, 0.29) is 43.3 Å². The van der Waals surface area contributed by atoms with Crippen LogP contribution in [0.4, 0.5) is 9.93 Å². The predicted molar refractivity (Wildman–Crippen MR) is 198 cm³/mol. The largest absolute Gasteiger partial charge is 0.464 e. The minimum absolute atomic E-state index is 0.00788. The van der Waals surface area contributed by atoms with Crippen LogP contribution >= 0.6 is 11.3 Å². The van der Waals surface area contributed by atoms with Gasteiger partial charge in [0, 0.05) is 37.3 Å². The Bertz CT molecular complexity index is 1510. The molecule has 5 N–H and O–H groups in total. The number of ether oxygens (including phenoxy) is 1. The summed E-state index contributed by atoms with van der Waals surface area (Å²) < 4.78 is 5.25. The molecule has 3 aliphatic heterocycles. The first kappa shape index (κ1) is 42.4. The van der Waals surface area contributed by atoms with Gasteiger partial charge in [-0.1, -0.05) is 35.9 Å². The minimum Gasteiger partial charge on any atom is -0.464 e. The van der Waals surface area contributed by atoms with Gasteiger partial charge < -0.3 is 35.8 Å². The van der Waals surface area contributed by atoms with Crippen LogP contribution in [-0.4, -0.2) is 119 Å². The number of nitrogens with two attached hydrogens (primary N) is 1. The molecule has 17 heteroatoms. The molecule has 0 radical (unpaired) electrons. The molecule has 53 heavy (non-hydrogen) atoms. The number of primary amides is 1. The summed E-state index contributed by atoms with van der Waals surface area (Å²) >= 11 is 1.29. The van der Waals surface area contributed by atoms with E-state index in [2.05, 4.69) is 40.0 Å². The number of amides is 7. The number of esters is 1. The fourth-order valence-electron chi connectivity index (χ4n) is 6.14. The topological polar surface area (TPSA) is 213 Å². The molecule has 7 amide bonds. The molecule has 3 atom stereocenters. The summed E-state index contributed by atoms with van der Waals surface area (Å²) in [6.07, 6.45) is 7.16. The predicted octanol–water partition coefficient (Wildman–Crippen LogP) is 2.18. The first-order valence-corrected chi connectivity index (χ1v) is 18.8. The summed E-state index contributed by atoms with van der Waals surface area (Å²) in [4.78, 5) is 91.8. The van der Waals surface area contributed by atoms with Crippen LogP contribution in [0.2, 0.25) is 0 Å². The van der Waals surface area contributed by atoms with E-state index in [0.29, 0.717) is 50.4 Å². The molecule has 1 aromatic heterocycles. The Balaban J connectivity index is 0.000000306. The number of thiazole rings is 1. The van der Waals surface area contributed by atoms with E-state index in [1.165, 1.54) is 21.8 Å². The Kier molecular flexibility index (Phi) is 17.7. The quantitative estimate of drug-likeness (QED) is 0.195. The van der Waals surface area contributed by atoms with Gasteiger partial charge >= 0.3 is 12.0 Å². The van der Waals surface area contributed by atoms with Crippen molar-refractivity contribution in [2.24, 2.45) is 5.73 Å². The van der Waals surface area contributed by atoms with Gasteiger partial charge in [0.05, 0.1) is 13.0 Å². The van der Waals surface area contributed by atoms with Crippen LogP contribution in [0.15, 0.2) is 41.9 Å². The van der Waals surface area contributed by atoms with Crippen LogP contribution in [0.5, 0.6) is 0 Å². The molecule has 3 saturated heterocycles. The number of anilines is 1. The molecule has 0 saturated carbocycles. The number of nitrogens with zero attached hydrogens (tertiary/aromatic N) is 4. The van der Waals surface area contributed by atoms with E-state index in [1.807, 2.05) is 32.0 Å². The van der Waals surface area contributed by atoms with E-state index in [9.17, 15) is 33.6 Å². The van der Waals surface area contributed by atoms with Gasteiger partial charge in [-0.2, -0.15) is 0 Å². The second-order valence-electron chi connectivity index (χ2n) is 13.1. The van der Waals surface area contributed by atoms with Crippen LogP contribution in [-0.2, 0) is 33.5 Å². The van der Waals surface area contributed by atoms with Crippen molar-refractivity contribution in [1.29, 1.82) is 0 Å². The number of likely N-dealkylation sites (tertiary alicyclic amines) is 3. The number of hydrogen-bond acceptors (Lipinski definition) is 10. The Labute approximate surface area is 314 Å². The van der Waals surface area contributed by atoms with Gasteiger partial charge in [-0.25, -0.2) is 14.6 Å². The Morgan fingerprint density at radius 2 is 1.62 bits per heavy atom. The maximum Gasteiger partial charge on any atom is 0.328 e. The third-order valence-electron chi connectivity index (χ3n) is 8.66. The molecule has 0 spiro atoms. The zero-order valence-electron chi connectivity index (χ0n) is 30.7. The van der Waals surface area contributed by atoms with E-state index in [1.54, 1.807) is 21.4 Å². The summed E-state index contributed by atoms with van der Waals surface area (Å²) in [6, 6.07) is 8.10. The number of aromatic nitrogens is 1. The van der Waals surface area contributed by atoms with Crippen LogP contribution in [0, 0.1) is 6.92 Å². The van der Waals surface area contributed by atoms with Gasteiger partial charge in [-0.15, -0.1) is 11.3 Å². The molecule has 3 fully saturated rings. The molecule has 290 valence electrons. The van der Waals surface area contributed by atoms with Gasteiger partial charge in [0.1, 0.15) is 24.7 Å². The second kappa shape index (κ2) is 22.1. The number of carbonyl (C=O) groups is 7.